The van der Waals surface area contributed by atoms with E-state index in [1.165, 1.54) is 6.92 Å². The predicted octanol–water partition coefficient (Wildman–Crippen LogP) is 2.29. The minimum absolute atomic E-state index is 0.204. The second kappa shape index (κ2) is 5.87. The van der Waals surface area contributed by atoms with Crippen LogP contribution in [0.15, 0.2) is 18.2 Å². The lowest BCUT2D eigenvalue weighted by Gasteiger charge is -2.06. The van der Waals surface area contributed by atoms with Gasteiger partial charge in [0.25, 0.3) is 0 Å². The van der Waals surface area contributed by atoms with E-state index >= 15 is 0 Å². The van der Waals surface area contributed by atoms with Crippen molar-refractivity contribution in [3.05, 3.63) is 23.9 Å². The number of carbonyl (C=O) groups excluding carboxylic acids is 2. The lowest BCUT2D eigenvalue weighted by atomic mass is 10.2. The van der Waals surface area contributed by atoms with Crippen molar-refractivity contribution < 1.29 is 23.8 Å². The van der Waals surface area contributed by atoms with E-state index in [-0.39, 0.29) is 18.1 Å². The third-order valence-electron chi connectivity index (χ3n) is 3.08. The SMILES string of the molecule is CCOC(=O)c1c(OC(C)=O)c2ccc(OC)cc2n1C. The third-order valence-corrected chi connectivity index (χ3v) is 3.08. The molecule has 0 atom stereocenters. The first-order valence-corrected chi connectivity index (χ1v) is 6.51. The van der Waals surface area contributed by atoms with Crippen molar-refractivity contribution in [1.29, 1.82) is 0 Å². The highest BCUT2D eigenvalue weighted by molar-refractivity contribution is 6.03. The van der Waals surface area contributed by atoms with Crippen LogP contribution in [0.2, 0.25) is 0 Å². The largest absolute Gasteiger partial charge is 0.497 e. The summed E-state index contributed by atoms with van der Waals surface area (Å²) in [5, 5.41) is 0.650. The second-order valence-electron chi connectivity index (χ2n) is 4.43. The Hall–Kier alpha value is -2.50. The van der Waals surface area contributed by atoms with Crippen molar-refractivity contribution in [2.75, 3.05) is 13.7 Å². The number of carbonyl (C=O) groups is 2. The quantitative estimate of drug-likeness (QED) is 0.808. The van der Waals surface area contributed by atoms with Gasteiger partial charge in [-0.1, -0.05) is 0 Å². The molecule has 0 radical (unpaired) electrons. The maximum absolute atomic E-state index is 12.1. The summed E-state index contributed by atoms with van der Waals surface area (Å²) in [5.41, 5.74) is 0.920. The first-order chi connectivity index (χ1) is 9.99. The van der Waals surface area contributed by atoms with Gasteiger partial charge in [0.2, 0.25) is 0 Å². The lowest BCUT2D eigenvalue weighted by molar-refractivity contribution is -0.131. The molecule has 0 bridgehead atoms. The molecule has 0 amide bonds. The van der Waals surface area contributed by atoms with Gasteiger partial charge in [0.05, 0.1) is 19.2 Å². The summed E-state index contributed by atoms with van der Waals surface area (Å²) in [7, 11) is 3.27. The molecule has 0 unspecified atom stereocenters. The second-order valence-corrected chi connectivity index (χ2v) is 4.43. The van der Waals surface area contributed by atoms with Crippen LogP contribution in [0.25, 0.3) is 10.9 Å². The Labute approximate surface area is 122 Å². The standard InChI is InChI=1S/C15H17NO5/c1-5-20-15(18)13-14(21-9(2)17)11-7-6-10(19-4)8-12(11)16(13)3/h6-8H,5H2,1-4H3. The van der Waals surface area contributed by atoms with Crippen molar-refractivity contribution in [1.82, 2.24) is 4.57 Å². The smallest absolute Gasteiger partial charge is 0.358 e. The van der Waals surface area contributed by atoms with E-state index in [9.17, 15) is 9.59 Å². The molecule has 6 heteroatoms. The van der Waals surface area contributed by atoms with Crippen LogP contribution in [-0.4, -0.2) is 30.2 Å². The highest BCUT2D eigenvalue weighted by atomic mass is 16.5. The van der Waals surface area contributed by atoms with E-state index in [4.69, 9.17) is 14.2 Å². The molecule has 2 aromatic rings. The number of fused-ring (bicyclic) bond motifs is 1. The zero-order chi connectivity index (χ0) is 15.6. The van der Waals surface area contributed by atoms with Gasteiger partial charge in [-0.15, -0.1) is 0 Å². The van der Waals surface area contributed by atoms with Gasteiger partial charge in [-0.05, 0) is 19.1 Å². The summed E-state index contributed by atoms with van der Waals surface area (Å²) in [6.45, 7) is 3.25. The molecule has 2 rings (SSSR count). The van der Waals surface area contributed by atoms with Gasteiger partial charge in [-0.3, -0.25) is 4.79 Å². The number of hydrogen-bond acceptors (Lipinski definition) is 5. The summed E-state index contributed by atoms with van der Waals surface area (Å²) in [6.07, 6.45) is 0. The third kappa shape index (κ3) is 2.69. The number of esters is 2. The summed E-state index contributed by atoms with van der Waals surface area (Å²) in [6, 6.07) is 5.25. The molecule has 0 saturated carbocycles. The Kier molecular flexibility index (Phi) is 4.16. The van der Waals surface area contributed by atoms with Crippen LogP contribution < -0.4 is 9.47 Å². The molecule has 1 heterocycles. The fourth-order valence-corrected chi connectivity index (χ4v) is 2.18. The minimum atomic E-state index is -0.536. The Morgan fingerprint density at radius 2 is 2.00 bits per heavy atom. The van der Waals surface area contributed by atoms with Crippen LogP contribution in [0.5, 0.6) is 11.5 Å². The Balaban J connectivity index is 2.71. The number of methoxy groups -OCH3 is 1. The zero-order valence-corrected chi connectivity index (χ0v) is 12.4. The van der Waals surface area contributed by atoms with Crippen LogP contribution in [-0.2, 0) is 16.6 Å². The van der Waals surface area contributed by atoms with Gasteiger partial charge >= 0.3 is 11.9 Å². The van der Waals surface area contributed by atoms with Gasteiger partial charge in [0.15, 0.2) is 11.4 Å². The molecule has 1 aromatic heterocycles. The molecule has 0 aliphatic carbocycles. The molecule has 0 spiro atoms. The lowest BCUT2D eigenvalue weighted by Crippen LogP contribution is -2.13. The van der Waals surface area contributed by atoms with Gasteiger partial charge in [0, 0.05) is 25.4 Å². The first kappa shape index (κ1) is 14.9. The summed E-state index contributed by atoms with van der Waals surface area (Å²) in [4.78, 5) is 23.4. The van der Waals surface area contributed by atoms with E-state index in [1.54, 1.807) is 43.8 Å². The van der Waals surface area contributed by atoms with Crippen LogP contribution in [0, 0.1) is 0 Å². The van der Waals surface area contributed by atoms with Crippen LogP contribution in [0.4, 0.5) is 0 Å². The fourth-order valence-electron chi connectivity index (χ4n) is 2.18. The van der Waals surface area contributed by atoms with Crippen molar-refractivity contribution in [2.24, 2.45) is 7.05 Å². The number of nitrogens with zero attached hydrogens (tertiary/aromatic N) is 1. The maximum Gasteiger partial charge on any atom is 0.358 e. The number of benzene rings is 1. The van der Waals surface area contributed by atoms with Crippen LogP contribution in [0.1, 0.15) is 24.3 Å². The van der Waals surface area contributed by atoms with Crippen molar-refractivity contribution >= 4 is 22.8 Å². The molecule has 6 nitrogen and oxygen atoms in total. The van der Waals surface area contributed by atoms with Crippen LogP contribution in [0.3, 0.4) is 0 Å². The fraction of sp³-hybridized carbons (Fsp3) is 0.333. The Bertz CT molecular complexity index is 702. The maximum atomic E-state index is 12.1. The average Bonchev–Trinajstić information content (AvgIpc) is 2.71. The molecule has 1 aromatic carbocycles. The molecule has 0 saturated heterocycles. The highest BCUT2D eigenvalue weighted by Gasteiger charge is 2.25. The Morgan fingerprint density at radius 3 is 2.57 bits per heavy atom. The number of aryl methyl sites for hydroxylation is 1. The molecular weight excluding hydrogens is 274 g/mol. The number of rotatable bonds is 4. The zero-order valence-electron chi connectivity index (χ0n) is 12.4. The van der Waals surface area contributed by atoms with Gasteiger partial charge in [-0.25, -0.2) is 4.79 Å². The normalized spacial score (nSPS) is 10.5. The molecule has 112 valence electrons. The van der Waals surface area contributed by atoms with Gasteiger partial charge < -0.3 is 18.8 Å². The van der Waals surface area contributed by atoms with E-state index in [0.29, 0.717) is 16.7 Å². The van der Waals surface area contributed by atoms with Crippen molar-refractivity contribution in [3.63, 3.8) is 0 Å². The number of hydrogen-bond donors (Lipinski definition) is 0. The first-order valence-electron chi connectivity index (χ1n) is 6.51. The number of ether oxygens (including phenoxy) is 3. The molecular formula is C15H17NO5. The minimum Gasteiger partial charge on any atom is -0.497 e. The van der Waals surface area contributed by atoms with Crippen molar-refractivity contribution in [3.8, 4) is 11.5 Å². The Morgan fingerprint density at radius 1 is 1.29 bits per heavy atom. The van der Waals surface area contributed by atoms with E-state index in [2.05, 4.69) is 0 Å². The molecule has 0 aliphatic heterocycles. The van der Waals surface area contributed by atoms with Gasteiger partial charge in [0.1, 0.15) is 5.75 Å². The van der Waals surface area contributed by atoms with Gasteiger partial charge in [-0.2, -0.15) is 0 Å². The van der Waals surface area contributed by atoms with Crippen molar-refractivity contribution in [2.45, 2.75) is 13.8 Å². The molecule has 0 aliphatic rings. The average molecular weight is 291 g/mol. The molecule has 21 heavy (non-hydrogen) atoms. The van der Waals surface area contributed by atoms with E-state index in [0.717, 1.165) is 0 Å². The summed E-state index contributed by atoms with van der Waals surface area (Å²) in [5.74, 6) is -0.177. The number of aromatic nitrogens is 1. The molecule has 0 fully saturated rings. The topological polar surface area (TPSA) is 66.8 Å². The predicted molar refractivity (Wildman–Crippen MR) is 76.7 cm³/mol. The highest BCUT2D eigenvalue weighted by Crippen LogP contribution is 2.35. The molecule has 0 N–H and O–H groups in total. The monoisotopic (exact) mass is 291 g/mol. The van der Waals surface area contributed by atoms with Crippen LogP contribution >= 0.6 is 0 Å². The van der Waals surface area contributed by atoms with E-state index in [1.807, 2.05) is 0 Å². The summed E-state index contributed by atoms with van der Waals surface area (Å²) >= 11 is 0. The summed E-state index contributed by atoms with van der Waals surface area (Å²) < 4.78 is 17.1. The van der Waals surface area contributed by atoms with E-state index < -0.39 is 11.9 Å².